The minimum absolute atomic E-state index is 0.446. The van der Waals surface area contributed by atoms with Gasteiger partial charge in [0.1, 0.15) is 0 Å². The van der Waals surface area contributed by atoms with Crippen molar-refractivity contribution in [3.05, 3.63) is 29.8 Å². The highest BCUT2D eigenvalue weighted by Gasteiger charge is 1.94. The van der Waals surface area contributed by atoms with E-state index in [2.05, 4.69) is 10.3 Å². The third kappa shape index (κ3) is 4.79. The fraction of sp³-hybridized carbons (Fsp3) is 0.417. The molecule has 4 heteroatoms. The van der Waals surface area contributed by atoms with Crippen molar-refractivity contribution >= 4 is 11.6 Å². The average Bonchev–Trinajstić information content (AvgIpc) is 2.24. The third-order valence-corrected chi connectivity index (χ3v) is 2.08. The molecular formula is C12H19N3O. The fourth-order valence-corrected chi connectivity index (χ4v) is 1.32. The molecular weight excluding hydrogens is 202 g/mol. The van der Waals surface area contributed by atoms with E-state index in [1.807, 2.05) is 31.2 Å². The molecule has 0 saturated heterocycles. The molecule has 0 atom stereocenters. The minimum Gasteiger partial charge on any atom is -0.385 e. The number of methoxy groups -OCH3 is 1. The molecule has 0 aliphatic rings. The molecule has 0 saturated carbocycles. The summed E-state index contributed by atoms with van der Waals surface area (Å²) in [5, 5.41) is 3.05. The van der Waals surface area contributed by atoms with Gasteiger partial charge in [0.15, 0.2) is 5.96 Å². The topological polar surface area (TPSA) is 59.6 Å². The Kier molecular flexibility index (Phi) is 5.36. The number of guanidine groups is 1. The third-order valence-electron chi connectivity index (χ3n) is 2.08. The summed E-state index contributed by atoms with van der Waals surface area (Å²) in [6, 6.07) is 8.01. The lowest BCUT2D eigenvalue weighted by atomic mass is 10.2. The first kappa shape index (κ1) is 12.5. The molecule has 1 aromatic carbocycles. The molecule has 0 spiro atoms. The zero-order chi connectivity index (χ0) is 11.8. The predicted molar refractivity (Wildman–Crippen MR) is 67.8 cm³/mol. The number of hydrogen-bond donors (Lipinski definition) is 2. The summed E-state index contributed by atoms with van der Waals surface area (Å²) >= 11 is 0. The molecule has 3 N–H and O–H groups in total. The predicted octanol–water partition coefficient (Wildman–Crippen LogP) is 1.76. The van der Waals surface area contributed by atoms with Gasteiger partial charge in [-0.05, 0) is 31.0 Å². The summed E-state index contributed by atoms with van der Waals surface area (Å²) in [5.74, 6) is 0.446. The molecule has 0 fully saturated rings. The van der Waals surface area contributed by atoms with Gasteiger partial charge in [-0.3, -0.25) is 4.99 Å². The Morgan fingerprint density at radius 1 is 1.50 bits per heavy atom. The number of rotatable bonds is 5. The standard InChI is InChI=1S/C12H19N3O/c1-10-5-3-6-11(9-10)15-12(13)14-7-4-8-16-2/h3,5-6,9H,4,7-8H2,1-2H3,(H3,13,14,15). The highest BCUT2D eigenvalue weighted by atomic mass is 16.5. The highest BCUT2D eigenvalue weighted by molar-refractivity contribution is 5.92. The summed E-state index contributed by atoms with van der Waals surface area (Å²) < 4.78 is 4.93. The Morgan fingerprint density at radius 2 is 2.31 bits per heavy atom. The van der Waals surface area contributed by atoms with Crippen molar-refractivity contribution in [2.75, 3.05) is 25.6 Å². The number of hydrogen-bond acceptors (Lipinski definition) is 2. The molecule has 1 rings (SSSR count). The number of anilines is 1. The normalized spacial score (nSPS) is 11.5. The molecule has 0 unspecified atom stereocenters. The first-order valence-corrected chi connectivity index (χ1v) is 5.35. The number of ether oxygens (including phenoxy) is 1. The number of nitrogens with zero attached hydrogens (tertiary/aromatic N) is 1. The fourth-order valence-electron chi connectivity index (χ4n) is 1.32. The summed E-state index contributed by atoms with van der Waals surface area (Å²) in [5.41, 5.74) is 7.89. The number of nitrogens with two attached hydrogens (primary N) is 1. The van der Waals surface area contributed by atoms with Gasteiger partial charge in [0.2, 0.25) is 0 Å². The molecule has 0 radical (unpaired) electrons. The van der Waals surface area contributed by atoms with Crippen molar-refractivity contribution in [3.63, 3.8) is 0 Å². The maximum Gasteiger partial charge on any atom is 0.193 e. The van der Waals surface area contributed by atoms with Gasteiger partial charge in [-0.15, -0.1) is 0 Å². The van der Waals surface area contributed by atoms with E-state index in [1.165, 1.54) is 5.56 Å². The second-order valence-corrected chi connectivity index (χ2v) is 3.61. The lowest BCUT2D eigenvalue weighted by molar-refractivity contribution is 0.197. The van der Waals surface area contributed by atoms with Crippen LogP contribution in [0.2, 0.25) is 0 Å². The number of nitrogens with one attached hydrogen (secondary N) is 1. The molecule has 16 heavy (non-hydrogen) atoms. The molecule has 0 amide bonds. The van der Waals surface area contributed by atoms with Crippen LogP contribution in [0.5, 0.6) is 0 Å². The van der Waals surface area contributed by atoms with Crippen molar-refractivity contribution in [3.8, 4) is 0 Å². The van der Waals surface area contributed by atoms with Gasteiger partial charge in [-0.2, -0.15) is 0 Å². The van der Waals surface area contributed by atoms with E-state index in [0.29, 0.717) is 19.1 Å². The van der Waals surface area contributed by atoms with Crippen molar-refractivity contribution in [1.29, 1.82) is 0 Å². The molecule has 0 bridgehead atoms. The molecule has 0 aromatic heterocycles. The van der Waals surface area contributed by atoms with Crippen LogP contribution in [0, 0.1) is 6.92 Å². The van der Waals surface area contributed by atoms with E-state index in [9.17, 15) is 0 Å². The minimum atomic E-state index is 0.446. The Bertz CT molecular complexity index is 350. The van der Waals surface area contributed by atoms with E-state index < -0.39 is 0 Å². The average molecular weight is 221 g/mol. The molecule has 0 aliphatic heterocycles. The van der Waals surface area contributed by atoms with Gasteiger partial charge in [-0.1, -0.05) is 12.1 Å². The zero-order valence-corrected chi connectivity index (χ0v) is 9.86. The number of aryl methyl sites for hydroxylation is 1. The highest BCUT2D eigenvalue weighted by Crippen LogP contribution is 2.08. The molecule has 4 nitrogen and oxygen atoms in total. The lowest BCUT2D eigenvalue weighted by Crippen LogP contribution is -2.23. The van der Waals surface area contributed by atoms with Crippen LogP contribution in [0.4, 0.5) is 5.69 Å². The molecule has 1 aromatic rings. The van der Waals surface area contributed by atoms with Crippen molar-refractivity contribution in [2.24, 2.45) is 10.7 Å². The number of aliphatic imine (C=N–C) groups is 1. The van der Waals surface area contributed by atoms with Crippen LogP contribution in [0.15, 0.2) is 29.3 Å². The maximum atomic E-state index is 5.74. The largest absolute Gasteiger partial charge is 0.385 e. The smallest absolute Gasteiger partial charge is 0.193 e. The van der Waals surface area contributed by atoms with Crippen LogP contribution in [-0.4, -0.2) is 26.2 Å². The Morgan fingerprint density at radius 3 is 3.00 bits per heavy atom. The zero-order valence-electron chi connectivity index (χ0n) is 9.86. The van der Waals surface area contributed by atoms with Crippen molar-refractivity contribution in [1.82, 2.24) is 0 Å². The summed E-state index contributed by atoms with van der Waals surface area (Å²) in [6.45, 7) is 3.43. The Labute approximate surface area is 96.5 Å². The second-order valence-electron chi connectivity index (χ2n) is 3.61. The van der Waals surface area contributed by atoms with Gasteiger partial charge in [0.05, 0.1) is 0 Å². The van der Waals surface area contributed by atoms with Gasteiger partial charge in [0.25, 0.3) is 0 Å². The van der Waals surface area contributed by atoms with E-state index in [4.69, 9.17) is 10.5 Å². The summed E-state index contributed by atoms with van der Waals surface area (Å²) in [6.07, 6.45) is 0.882. The maximum absolute atomic E-state index is 5.74. The van der Waals surface area contributed by atoms with Crippen molar-refractivity contribution < 1.29 is 4.74 Å². The van der Waals surface area contributed by atoms with E-state index >= 15 is 0 Å². The summed E-state index contributed by atoms with van der Waals surface area (Å²) in [7, 11) is 1.68. The first-order valence-electron chi connectivity index (χ1n) is 5.35. The Hall–Kier alpha value is -1.55. The number of benzene rings is 1. The van der Waals surface area contributed by atoms with Crippen LogP contribution in [0.3, 0.4) is 0 Å². The van der Waals surface area contributed by atoms with Gasteiger partial charge in [-0.25, -0.2) is 0 Å². The lowest BCUT2D eigenvalue weighted by Gasteiger charge is -2.06. The van der Waals surface area contributed by atoms with Gasteiger partial charge >= 0.3 is 0 Å². The molecule has 0 aliphatic carbocycles. The molecule has 0 heterocycles. The van der Waals surface area contributed by atoms with E-state index in [0.717, 1.165) is 12.1 Å². The second kappa shape index (κ2) is 6.85. The monoisotopic (exact) mass is 221 g/mol. The molecule has 88 valence electrons. The first-order chi connectivity index (χ1) is 7.72. The van der Waals surface area contributed by atoms with Crippen LogP contribution in [0.1, 0.15) is 12.0 Å². The Balaban J connectivity index is 2.41. The van der Waals surface area contributed by atoms with Crippen LogP contribution in [0.25, 0.3) is 0 Å². The van der Waals surface area contributed by atoms with Gasteiger partial charge in [0, 0.05) is 25.9 Å². The van der Waals surface area contributed by atoms with Crippen molar-refractivity contribution in [2.45, 2.75) is 13.3 Å². The van der Waals surface area contributed by atoms with E-state index in [-0.39, 0.29) is 0 Å². The van der Waals surface area contributed by atoms with Crippen LogP contribution < -0.4 is 11.1 Å². The van der Waals surface area contributed by atoms with E-state index in [1.54, 1.807) is 7.11 Å². The van der Waals surface area contributed by atoms with Crippen LogP contribution >= 0.6 is 0 Å². The van der Waals surface area contributed by atoms with Crippen LogP contribution in [-0.2, 0) is 4.74 Å². The van der Waals surface area contributed by atoms with Gasteiger partial charge < -0.3 is 15.8 Å². The SMILES string of the molecule is COCCCN=C(N)Nc1cccc(C)c1. The summed E-state index contributed by atoms with van der Waals surface area (Å²) in [4.78, 5) is 4.19. The quantitative estimate of drug-likeness (QED) is 0.452.